The van der Waals surface area contributed by atoms with Crippen molar-refractivity contribution in [2.24, 2.45) is 11.3 Å². The molecule has 7 heteroatoms. The third-order valence-electron chi connectivity index (χ3n) is 5.87. The molecule has 2 N–H and O–H groups in total. The molecule has 4 nitrogen and oxygen atoms in total. The van der Waals surface area contributed by atoms with E-state index < -0.39 is 23.3 Å². The number of aliphatic hydroxyl groups excluding tert-OH is 1. The van der Waals surface area contributed by atoms with E-state index in [0.29, 0.717) is 47.9 Å². The number of halogens is 3. The predicted molar refractivity (Wildman–Crippen MR) is 76.3 cm³/mol. The molecule has 3 aliphatic rings. The Bertz CT molecular complexity index is 869. The van der Waals surface area contributed by atoms with Crippen LogP contribution in [-0.4, -0.2) is 32.8 Å². The number of aromatic amines is 1. The second-order valence-corrected chi connectivity index (χ2v) is 6.97. The van der Waals surface area contributed by atoms with Gasteiger partial charge in [0.05, 0.1) is 11.7 Å². The molecular weight excluding hydrogens is 307 g/mol. The predicted octanol–water partition coefficient (Wildman–Crippen LogP) is 2.99. The summed E-state index contributed by atoms with van der Waals surface area (Å²) in [5.74, 6) is -0.294. The van der Waals surface area contributed by atoms with E-state index in [4.69, 9.17) is 0 Å². The van der Waals surface area contributed by atoms with E-state index in [1.165, 1.54) is 0 Å². The molecule has 2 bridgehead atoms. The second kappa shape index (κ2) is 3.95. The lowest BCUT2D eigenvalue weighted by atomic mass is 9.70. The van der Waals surface area contributed by atoms with Crippen molar-refractivity contribution >= 4 is 16.6 Å². The van der Waals surface area contributed by atoms with E-state index in [0.717, 1.165) is 5.56 Å². The van der Waals surface area contributed by atoms with Gasteiger partial charge >= 0.3 is 6.18 Å². The molecule has 3 aliphatic carbocycles. The average molecular weight is 321 g/mol. The summed E-state index contributed by atoms with van der Waals surface area (Å²) in [6, 6.07) is 3.41. The van der Waals surface area contributed by atoms with Gasteiger partial charge in [0.1, 0.15) is 11.0 Å². The van der Waals surface area contributed by atoms with Crippen molar-refractivity contribution in [3.63, 3.8) is 0 Å². The van der Waals surface area contributed by atoms with Gasteiger partial charge in [0.2, 0.25) is 0 Å². The minimum atomic E-state index is -4.51. The van der Waals surface area contributed by atoms with Crippen LogP contribution in [0.3, 0.4) is 0 Å². The Hall–Kier alpha value is -1.89. The SMILES string of the molecule is O[C@H]1C(C(F)(F)F)=C2c3ccc4n[nH]nc4c3C[C@@]23CCC1C3. The highest BCUT2D eigenvalue weighted by atomic mass is 19.4. The fourth-order valence-corrected chi connectivity index (χ4v) is 5.04. The quantitative estimate of drug-likeness (QED) is 0.784. The van der Waals surface area contributed by atoms with Crippen molar-refractivity contribution in [2.75, 3.05) is 0 Å². The summed E-state index contributed by atoms with van der Waals surface area (Å²) in [6.07, 6.45) is -3.41. The first-order valence-corrected chi connectivity index (χ1v) is 7.73. The normalized spacial score (nSPS) is 32.5. The van der Waals surface area contributed by atoms with Crippen LogP contribution < -0.4 is 0 Å². The molecular formula is C16H14F3N3O. The van der Waals surface area contributed by atoms with Crippen molar-refractivity contribution in [3.05, 3.63) is 28.8 Å². The summed E-state index contributed by atoms with van der Waals surface area (Å²) in [4.78, 5) is 0. The number of alkyl halides is 3. The van der Waals surface area contributed by atoms with Gasteiger partial charge in [0.25, 0.3) is 0 Å². The van der Waals surface area contributed by atoms with Gasteiger partial charge in [-0.1, -0.05) is 6.07 Å². The third kappa shape index (κ3) is 1.56. The number of benzene rings is 1. The molecule has 1 spiro atoms. The number of aliphatic hydroxyl groups is 1. The molecule has 5 rings (SSSR count). The zero-order chi connectivity index (χ0) is 16.0. The molecule has 0 saturated heterocycles. The number of hydrogen-bond acceptors (Lipinski definition) is 3. The third-order valence-corrected chi connectivity index (χ3v) is 5.87. The van der Waals surface area contributed by atoms with Crippen LogP contribution in [0.5, 0.6) is 0 Å². The summed E-state index contributed by atoms with van der Waals surface area (Å²) in [7, 11) is 0. The molecule has 1 heterocycles. The lowest BCUT2D eigenvalue weighted by molar-refractivity contribution is -0.111. The molecule has 23 heavy (non-hydrogen) atoms. The largest absolute Gasteiger partial charge is 0.415 e. The van der Waals surface area contributed by atoms with Gasteiger partial charge in [-0.2, -0.15) is 28.6 Å². The second-order valence-electron chi connectivity index (χ2n) is 6.97. The number of nitrogens with one attached hydrogen (secondary N) is 1. The Morgan fingerprint density at radius 1 is 1.26 bits per heavy atom. The summed E-state index contributed by atoms with van der Waals surface area (Å²) >= 11 is 0. The Morgan fingerprint density at radius 3 is 2.87 bits per heavy atom. The topological polar surface area (TPSA) is 61.8 Å². The van der Waals surface area contributed by atoms with E-state index in [1.54, 1.807) is 12.1 Å². The zero-order valence-corrected chi connectivity index (χ0v) is 12.1. The molecule has 1 aromatic carbocycles. The number of hydrogen-bond donors (Lipinski definition) is 2. The highest BCUT2D eigenvalue weighted by Crippen LogP contribution is 2.65. The summed E-state index contributed by atoms with van der Waals surface area (Å²) < 4.78 is 41.1. The zero-order valence-electron chi connectivity index (χ0n) is 12.1. The van der Waals surface area contributed by atoms with E-state index in [9.17, 15) is 18.3 Å². The standard InChI is InChI=1S/C16H14F3N3O/c17-16(18,19)12-11-8-1-2-10-13(21-22-20-10)9(8)6-15(11)4-3-7(5-15)14(12)23/h1-2,7,14,23H,3-6H2,(H,20,21,22)/t7?,14-,15+/m1/s1. The number of nitrogens with zero attached hydrogens (tertiary/aromatic N) is 2. The van der Waals surface area contributed by atoms with E-state index in [-0.39, 0.29) is 5.92 Å². The van der Waals surface area contributed by atoms with Crippen LogP contribution in [0.4, 0.5) is 13.2 Å². The molecule has 3 atom stereocenters. The molecule has 120 valence electrons. The van der Waals surface area contributed by atoms with Crippen LogP contribution in [0, 0.1) is 11.3 Å². The minimum absolute atomic E-state index is 0.294. The van der Waals surface area contributed by atoms with Crippen LogP contribution in [0.2, 0.25) is 0 Å². The minimum Gasteiger partial charge on any atom is -0.388 e. The van der Waals surface area contributed by atoms with Crippen LogP contribution in [0.1, 0.15) is 30.4 Å². The number of H-pyrrole nitrogens is 1. The smallest absolute Gasteiger partial charge is 0.388 e. The molecule has 1 aromatic heterocycles. The maximum Gasteiger partial charge on any atom is 0.415 e. The van der Waals surface area contributed by atoms with Gasteiger partial charge in [0.15, 0.2) is 0 Å². The molecule has 1 saturated carbocycles. The first-order chi connectivity index (χ1) is 10.9. The molecule has 0 radical (unpaired) electrons. The lowest BCUT2D eigenvalue weighted by Crippen LogP contribution is -2.37. The van der Waals surface area contributed by atoms with Gasteiger partial charge in [0, 0.05) is 5.41 Å². The molecule has 0 amide bonds. The van der Waals surface area contributed by atoms with Gasteiger partial charge < -0.3 is 5.11 Å². The van der Waals surface area contributed by atoms with Crippen molar-refractivity contribution in [1.29, 1.82) is 0 Å². The number of allylic oxidation sites excluding steroid dienone is 1. The first-order valence-electron chi connectivity index (χ1n) is 7.73. The van der Waals surface area contributed by atoms with Crippen molar-refractivity contribution < 1.29 is 18.3 Å². The van der Waals surface area contributed by atoms with Crippen LogP contribution >= 0.6 is 0 Å². The number of fused-ring (bicyclic) bond motifs is 5. The van der Waals surface area contributed by atoms with Crippen LogP contribution in [0.15, 0.2) is 17.7 Å². The maximum atomic E-state index is 13.7. The molecule has 0 aliphatic heterocycles. The fourth-order valence-electron chi connectivity index (χ4n) is 5.04. The van der Waals surface area contributed by atoms with E-state index in [2.05, 4.69) is 15.4 Å². The molecule has 1 unspecified atom stereocenters. The summed E-state index contributed by atoms with van der Waals surface area (Å²) in [5, 5.41) is 21.0. The van der Waals surface area contributed by atoms with Gasteiger partial charge in [-0.3, -0.25) is 0 Å². The maximum absolute atomic E-state index is 13.7. The van der Waals surface area contributed by atoms with Gasteiger partial charge in [-0.05, 0) is 54.4 Å². The Morgan fingerprint density at radius 2 is 2.09 bits per heavy atom. The Balaban J connectivity index is 1.87. The lowest BCUT2D eigenvalue weighted by Gasteiger charge is -2.36. The fraction of sp³-hybridized carbons (Fsp3) is 0.500. The first kappa shape index (κ1) is 13.5. The van der Waals surface area contributed by atoms with Gasteiger partial charge in [-0.15, -0.1) is 0 Å². The monoisotopic (exact) mass is 321 g/mol. The van der Waals surface area contributed by atoms with Crippen LogP contribution in [0.25, 0.3) is 16.6 Å². The molecule has 2 aromatic rings. The Kier molecular flexibility index (Phi) is 2.33. The van der Waals surface area contributed by atoms with Crippen molar-refractivity contribution in [2.45, 2.75) is 38.0 Å². The number of aromatic nitrogens is 3. The van der Waals surface area contributed by atoms with Gasteiger partial charge in [-0.25, -0.2) is 0 Å². The highest BCUT2D eigenvalue weighted by Gasteiger charge is 2.59. The van der Waals surface area contributed by atoms with Crippen molar-refractivity contribution in [3.8, 4) is 0 Å². The van der Waals surface area contributed by atoms with E-state index >= 15 is 0 Å². The number of rotatable bonds is 0. The van der Waals surface area contributed by atoms with Crippen molar-refractivity contribution in [1.82, 2.24) is 15.4 Å². The molecule has 1 fully saturated rings. The van der Waals surface area contributed by atoms with Crippen LogP contribution in [-0.2, 0) is 6.42 Å². The summed E-state index contributed by atoms with van der Waals surface area (Å²) in [6.45, 7) is 0. The van der Waals surface area contributed by atoms with E-state index in [1.807, 2.05) is 0 Å². The average Bonchev–Trinajstić information content (AvgIpc) is 3.15. The summed E-state index contributed by atoms with van der Waals surface area (Å²) in [5.41, 5.74) is 1.84. The highest BCUT2D eigenvalue weighted by molar-refractivity contribution is 5.91. The Labute approximate surface area is 129 Å².